The minimum Gasteiger partial charge on any atom is -0.382 e. The van der Waals surface area contributed by atoms with E-state index in [1.165, 1.54) is 16.8 Å². The number of amides is 4. The van der Waals surface area contributed by atoms with Crippen LogP contribution < -0.4 is 27.0 Å². The highest BCUT2D eigenvalue weighted by Crippen LogP contribution is 2.20. The lowest BCUT2D eigenvalue weighted by Gasteiger charge is -2.10. The predicted octanol–water partition coefficient (Wildman–Crippen LogP) is 1.46. The summed E-state index contributed by atoms with van der Waals surface area (Å²) in [5.41, 5.74) is 7.91. The Morgan fingerprint density at radius 3 is 1.56 bits per heavy atom. The fraction of sp³-hybridized carbons (Fsp3) is 0.321. The van der Waals surface area contributed by atoms with Crippen LogP contribution in [0.25, 0.3) is 0 Å². The Morgan fingerprint density at radius 1 is 0.698 bits per heavy atom. The highest BCUT2D eigenvalue weighted by molar-refractivity contribution is 6.08. The topological polar surface area (TPSA) is 178 Å². The van der Waals surface area contributed by atoms with Gasteiger partial charge < -0.3 is 50.2 Å². The highest BCUT2D eigenvalue weighted by Gasteiger charge is 2.20. The number of nitrogens with one attached hydrogen (secondary N) is 4. The summed E-state index contributed by atoms with van der Waals surface area (Å²) in [6.45, 7) is 1.40. The summed E-state index contributed by atoms with van der Waals surface area (Å²) >= 11 is 0. The van der Waals surface area contributed by atoms with E-state index in [2.05, 4.69) is 26.3 Å². The first-order valence-electron chi connectivity index (χ1n) is 13.5. The summed E-state index contributed by atoms with van der Waals surface area (Å²) in [5.74, 6) is -1.19. The Balaban J connectivity index is 1.37. The second kappa shape index (κ2) is 12.7. The van der Waals surface area contributed by atoms with Crippen LogP contribution in [-0.4, -0.2) is 79.0 Å². The minimum atomic E-state index is -0.471. The molecular formula is C28H37N11O4. The summed E-state index contributed by atoms with van der Waals surface area (Å²) in [7, 11) is 10.7. The van der Waals surface area contributed by atoms with Gasteiger partial charge >= 0.3 is 0 Å². The molecule has 4 amide bonds. The van der Waals surface area contributed by atoms with Crippen molar-refractivity contribution in [3.05, 3.63) is 65.9 Å². The van der Waals surface area contributed by atoms with E-state index in [1.54, 1.807) is 72.6 Å². The molecule has 15 nitrogen and oxygen atoms in total. The van der Waals surface area contributed by atoms with Gasteiger partial charge in [-0.25, -0.2) is 4.98 Å². The van der Waals surface area contributed by atoms with Gasteiger partial charge in [-0.1, -0.05) is 0 Å². The van der Waals surface area contributed by atoms with E-state index in [0.717, 1.165) is 13.0 Å². The molecular weight excluding hydrogens is 554 g/mol. The number of nitrogens with two attached hydrogens (primary N) is 1. The normalized spacial score (nSPS) is 11.0. The van der Waals surface area contributed by atoms with Crippen molar-refractivity contribution in [3.63, 3.8) is 0 Å². The van der Waals surface area contributed by atoms with Gasteiger partial charge in [0.25, 0.3) is 23.6 Å². The minimum absolute atomic E-state index is 0.132. The molecule has 15 heteroatoms. The quantitative estimate of drug-likeness (QED) is 0.164. The number of carbonyl (C=O) groups excluding carboxylic acids is 4. The van der Waals surface area contributed by atoms with Crippen molar-refractivity contribution in [2.45, 2.75) is 6.42 Å². The van der Waals surface area contributed by atoms with Crippen molar-refractivity contribution in [2.24, 2.45) is 28.2 Å². The number of rotatable bonds is 11. The van der Waals surface area contributed by atoms with Crippen LogP contribution >= 0.6 is 0 Å². The van der Waals surface area contributed by atoms with Gasteiger partial charge in [0, 0.05) is 59.5 Å². The fourth-order valence-corrected chi connectivity index (χ4v) is 4.54. The molecule has 4 aromatic rings. The van der Waals surface area contributed by atoms with Crippen molar-refractivity contribution in [3.8, 4) is 0 Å². The molecule has 0 bridgehead atoms. The zero-order valence-electron chi connectivity index (χ0n) is 25.1. The molecule has 0 aliphatic carbocycles. The molecule has 6 N–H and O–H groups in total. The summed E-state index contributed by atoms with van der Waals surface area (Å²) in [6.07, 6.45) is 7.22. The van der Waals surface area contributed by atoms with E-state index in [1.807, 2.05) is 19.0 Å². The van der Waals surface area contributed by atoms with Gasteiger partial charge in [-0.2, -0.15) is 0 Å². The lowest BCUT2D eigenvalue weighted by Crippen LogP contribution is -2.28. The van der Waals surface area contributed by atoms with Gasteiger partial charge in [-0.3, -0.25) is 19.2 Å². The van der Waals surface area contributed by atoms with E-state index in [9.17, 15) is 19.2 Å². The van der Waals surface area contributed by atoms with Crippen molar-refractivity contribution < 1.29 is 19.2 Å². The average Bonchev–Trinajstić information content (AvgIpc) is 3.67. The molecule has 4 aromatic heterocycles. The van der Waals surface area contributed by atoms with Gasteiger partial charge in [0.1, 0.15) is 22.9 Å². The van der Waals surface area contributed by atoms with E-state index >= 15 is 0 Å². The van der Waals surface area contributed by atoms with Gasteiger partial charge in [0.15, 0.2) is 0 Å². The van der Waals surface area contributed by atoms with Gasteiger partial charge in [0.05, 0.1) is 17.1 Å². The van der Waals surface area contributed by atoms with E-state index in [0.29, 0.717) is 35.0 Å². The molecule has 0 saturated heterocycles. The molecule has 0 atom stereocenters. The van der Waals surface area contributed by atoms with E-state index in [4.69, 9.17) is 5.73 Å². The molecule has 0 radical (unpaired) electrons. The maximum atomic E-state index is 13.1. The molecule has 0 aromatic carbocycles. The Hall–Kier alpha value is -5.31. The number of aromatic nitrogens is 5. The smallest absolute Gasteiger partial charge is 0.291 e. The summed E-state index contributed by atoms with van der Waals surface area (Å²) < 4.78 is 6.31. The van der Waals surface area contributed by atoms with Crippen molar-refractivity contribution >= 4 is 46.5 Å². The largest absolute Gasteiger partial charge is 0.382 e. The number of aryl methyl sites for hydroxylation is 4. The predicted molar refractivity (Wildman–Crippen MR) is 163 cm³/mol. The van der Waals surface area contributed by atoms with E-state index < -0.39 is 17.7 Å². The second-order valence-electron chi connectivity index (χ2n) is 10.6. The van der Waals surface area contributed by atoms with Crippen LogP contribution in [0.1, 0.15) is 48.5 Å². The Kier molecular flexibility index (Phi) is 9.04. The van der Waals surface area contributed by atoms with E-state index in [-0.39, 0.29) is 23.2 Å². The number of carbonyl (C=O) groups is 4. The van der Waals surface area contributed by atoms with Crippen LogP contribution in [0, 0.1) is 0 Å². The third-order valence-electron chi connectivity index (χ3n) is 6.65. The monoisotopic (exact) mass is 591 g/mol. The SMILES string of the molecule is CN(C)CCCNC(=O)c1cc(NC(=O)c2cc(NC(=O)c3cc(NC(=O)c4nc(N)cn4C)cn3C)cn2C)cn1C. The zero-order valence-corrected chi connectivity index (χ0v) is 25.1. The van der Waals surface area contributed by atoms with Crippen LogP contribution in [-0.2, 0) is 28.2 Å². The molecule has 0 saturated carbocycles. The molecule has 0 fully saturated rings. The van der Waals surface area contributed by atoms with Crippen LogP contribution in [0.15, 0.2) is 43.0 Å². The maximum absolute atomic E-state index is 13.1. The number of hydrogen-bond donors (Lipinski definition) is 5. The molecule has 0 spiro atoms. The van der Waals surface area contributed by atoms with Gasteiger partial charge in [-0.05, 0) is 45.3 Å². The maximum Gasteiger partial charge on any atom is 0.291 e. The number of nitrogen functional groups attached to an aromatic ring is 1. The highest BCUT2D eigenvalue weighted by atomic mass is 16.2. The lowest BCUT2D eigenvalue weighted by molar-refractivity contribution is 0.0942. The molecule has 0 aliphatic heterocycles. The first kappa shape index (κ1) is 30.6. The van der Waals surface area contributed by atoms with Crippen LogP contribution in [0.2, 0.25) is 0 Å². The third-order valence-corrected chi connectivity index (χ3v) is 6.65. The fourth-order valence-electron chi connectivity index (χ4n) is 4.54. The summed E-state index contributed by atoms with van der Waals surface area (Å²) in [5, 5.41) is 11.2. The Morgan fingerprint density at radius 2 is 1.14 bits per heavy atom. The molecule has 43 heavy (non-hydrogen) atoms. The van der Waals surface area contributed by atoms with Crippen LogP contribution in [0.5, 0.6) is 0 Å². The van der Waals surface area contributed by atoms with Crippen molar-refractivity contribution in [2.75, 3.05) is 48.9 Å². The van der Waals surface area contributed by atoms with Crippen molar-refractivity contribution in [1.29, 1.82) is 0 Å². The molecule has 4 rings (SSSR count). The average molecular weight is 592 g/mol. The Bertz CT molecular complexity index is 1670. The Labute approximate surface area is 248 Å². The van der Waals surface area contributed by atoms with Gasteiger partial charge in [0.2, 0.25) is 5.82 Å². The number of anilines is 4. The van der Waals surface area contributed by atoms with Crippen molar-refractivity contribution in [1.82, 2.24) is 33.5 Å². The number of nitrogens with zero attached hydrogens (tertiary/aromatic N) is 6. The second-order valence-corrected chi connectivity index (χ2v) is 10.6. The number of hydrogen-bond acceptors (Lipinski definition) is 7. The molecule has 4 heterocycles. The third kappa shape index (κ3) is 7.32. The van der Waals surface area contributed by atoms with Gasteiger partial charge in [-0.15, -0.1) is 0 Å². The van der Waals surface area contributed by atoms with Crippen LogP contribution in [0.4, 0.5) is 22.9 Å². The first-order chi connectivity index (χ1) is 20.3. The standard InChI is InChI=1S/C28H37N11O4/c1-35(2)9-7-8-30-25(40)20-10-17(13-36(20)3)31-26(41)21-11-18(14-37(21)4)32-27(42)22-12-19(15-38(22)5)33-28(43)24-34-23(29)16-39(24)6/h10-16H,7-9,29H2,1-6H3,(H,30,40)(H,31,41)(H,32,42)(H,33,43). The number of imidazole rings is 1. The lowest BCUT2D eigenvalue weighted by atomic mass is 10.3. The van der Waals surface area contributed by atoms with Crippen LogP contribution in [0.3, 0.4) is 0 Å². The molecule has 0 unspecified atom stereocenters. The summed E-state index contributed by atoms with van der Waals surface area (Å²) in [4.78, 5) is 57.3. The summed E-state index contributed by atoms with van der Waals surface area (Å²) in [6, 6.07) is 4.69. The zero-order chi connectivity index (χ0) is 31.4. The molecule has 228 valence electrons. The molecule has 0 aliphatic rings. The first-order valence-corrected chi connectivity index (χ1v) is 13.5.